The topological polar surface area (TPSA) is 91.3 Å². The van der Waals surface area contributed by atoms with Gasteiger partial charge in [0.2, 0.25) is 0 Å². The highest BCUT2D eigenvalue weighted by molar-refractivity contribution is 7.97. The van der Waals surface area contributed by atoms with Gasteiger partial charge in [-0.15, -0.1) is 0 Å². The van der Waals surface area contributed by atoms with E-state index in [1.807, 2.05) is 13.8 Å². The van der Waals surface area contributed by atoms with Gasteiger partial charge in [0.05, 0.1) is 0 Å². The van der Waals surface area contributed by atoms with Gasteiger partial charge in [-0.3, -0.25) is 9.59 Å². The fourth-order valence-electron chi connectivity index (χ4n) is 4.32. The molecule has 0 saturated heterocycles. The first kappa shape index (κ1) is 23.6. The van der Waals surface area contributed by atoms with Crippen LogP contribution in [0.25, 0.3) is 0 Å². The van der Waals surface area contributed by atoms with E-state index in [9.17, 15) is 22.6 Å². The Balaban J connectivity index is 0.000000276. The third-order valence-corrected chi connectivity index (χ3v) is 10.0. The summed E-state index contributed by atoms with van der Waals surface area (Å²) in [5.74, 6) is 2.98. The van der Waals surface area contributed by atoms with Crippen molar-refractivity contribution in [2.45, 2.75) is 72.5 Å². The first-order chi connectivity index (χ1) is 11.9. The largest absolute Gasteiger partial charge is 0.747 e. The lowest BCUT2D eigenvalue weighted by atomic mass is 9.70. The van der Waals surface area contributed by atoms with Crippen molar-refractivity contribution < 1.29 is 22.6 Å². The second-order valence-electron chi connectivity index (χ2n) is 8.10. The van der Waals surface area contributed by atoms with Gasteiger partial charge in [0, 0.05) is 11.8 Å². The third-order valence-electron chi connectivity index (χ3n) is 6.49. The molecule has 3 atom stereocenters. The fourth-order valence-corrected chi connectivity index (χ4v) is 7.14. The van der Waals surface area contributed by atoms with Crippen molar-refractivity contribution in [3.05, 3.63) is 0 Å². The molecule has 2 bridgehead atoms. The predicted octanol–water partition coefficient (Wildman–Crippen LogP) is 2.94. The molecule has 0 heterocycles. The lowest BCUT2D eigenvalue weighted by molar-refractivity contribution is -0.128. The van der Waals surface area contributed by atoms with Crippen molar-refractivity contribution in [1.29, 1.82) is 0 Å². The second kappa shape index (κ2) is 8.74. The van der Waals surface area contributed by atoms with Gasteiger partial charge in [-0.05, 0) is 55.3 Å². The molecule has 0 spiro atoms. The second-order valence-corrected chi connectivity index (χ2v) is 12.3. The molecule has 152 valence electrons. The lowest BCUT2D eigenvalue weighted by Gasteiger charge is -2.32. The van der Waals surface area contributed by atoms with Crippen LogP contribution in [0.15, 0.2) is 0 Å². The van der Waals surface area contributed by atoms with Crippen molar-refractivity contribution >= 4 is 32.6 Å². The molecule has 0 N–H and O–H groups in total. The molecule has 2 aliphatic carbocycles. The molecule has 0 aromatic rings. The molecule has 2 fully saturated rings. The minimum Gasteiger partial charge on any atom is -0.747 e. The van der Waals surface area contributed by atoms with Crippen LogP contribution < -0.4 is 0 Å². The van der Waals surface area contributed by atoms with E-state index in [1.165, 1.54) is 11.5 Å². The highest BCUT2D eigenvalue weighted by Crippen LogP contribution is 2.64. The zero-order valence-corrected chi connectivity index (χ0v) is 18.6. The molecule has 2 rings (SSSR count). The van der Waals surface area contributed by atoms with Gasteiger partial charge in [-0.2, -0.15) is 0 Å². The van der Waals surface area contributed by atoms with E-state index in [-0.39, 0.29) is 17.1 Å². The molecule has 2 aliphatic rings. The minimum absolute atomic E-state index is 0.294. The third kappa shape index (κ3) is 4.53. The smallest absolute Gasteiger partial charge is 0.181 e. The maximum atomic E-state index is 12.0. The van der Waals surface area contributed by atoms with Crippen molar-refractivity contribution in [1.82, 2.24) is 0 Å². The lowest BCUT2D eigenvalue weighted by Crippen LogP contribution is -2.38. The Bertz CT molecular complexity index is 622. The number of hydrogen-bond acceptors (Lipinski definition) is 5. The van der Waals surface area contributed by atoms with Gasteiger partial charge in [-0.1, -0.05) is 27.7 Å². The number of carbonyl (C=O) groups is 2. The molecule has 26 heavy (non-hydrogen) atoms. The Hall–Kier alpha value is -0.400. The SMILES string of the molecule is CC12CCC(C(S(=O)(=O)[O-])C1=O)C2(C)C.CCCC(=O)C[S+](CC)CC. The first-order valence-corrected chi connectivity index (χ1v) is 12.7. The van der Waals surface area contributed by atoms with Crippen molar-refractivity contribution in [3.63, 3.8) is 0 Å². The van der Waals surface area contributed by atoms with E-state index >= 15 is 0 Å². The molecule has 0 aliphatic heterocycles. The summed E-state index contributed by atoms with van der Waals surface area (Å²) in [6.45, 7) is 12.0. The molecule has 5 nitrogen and oxygen atoms in total. The molecule has 3 unspecified atom stereocenters. The summed E-state index contributed by atoms with van der Waals surface area (Å²) in [6, 6.07) is 0. The molecular weight excluding hydrogens is 372 g/mol. The van der Waals surface area contributed by atoms with Gasteiger partial charge in [0.15, 0.2) is 17.3 Å². The Morgan fingerprint density at radius 3 is 2.04 bits per heavy atom. The average Bonchev–Trinajstić information content (AvgIpc) is 2.84. The number of carbonyl (C=O) groups excluding carboxylic acids is 2. The molecule has 0 radical (unpaired) electrons. The summed E-state index contributed by atoms with van der Waals surface area (Å²) in [4.78, 5) is 23.2. The Morgan fingerprint density at radius 2 is 1.73 bits per heavy atom. The quantitative estimate of drug-likeness (QED) is 0.479. The van der Waals surface area contributed by atoms with Crippen molar-refractivity contribution in [2.75, 3.05) is 17.3 Å². The van der Waals surface area contributed by atoms with E-state index < -0.39 is 20.8 Å². The normalized spacial score (nSPS) is 29.6. The highest BCUT2D eigenvalue weighted by Gasteiger charge is 2.67. The maximum Gasteiger partial charge on any atom is 0.181 e. The van der Waals surface area contributed by atoms with Crippen molar-refractivity contribution in [3.8, 4) is 0 Å². The Morgan fingerprint density at radius 1 is 1.19 bits per heavy atom. The maximum absolute atomic E-state index is 12.0. The average molecular weight is 407 g/mol. The van der Waals surface area contributed by atoms with Gasteiger partial charge in [0.25, 0.3) is 0 Å². The van der Waals surface area contributed by atoms with Crippen LogP contribution in [0.1, 0.15) is 67.2 Å². The monoisotopic (exact) mass is 406 g/mol. The zero-order valence-electron chi connectivity index (χ0n) is 17.0. The highest BCUT2D eigenvalue weighted by atomic mass is 32.2. The van der Waals surface area contributed by atoms with Gasteiger partial charge >= 0.3 is 0 Å². The van der Waals surface area contributed by atoms with Crippen LogP contribution in [0.3, 0.4) is 0 Å². The van der Waals surface area contributed by atoms with Gasteiger partial charge in [0.1, 0.15) is 26.9 Å². The standard InChI is InChI=1S/C10H16O4S.C9H19OS/c1-9(2)6-4-5-10(9,3)8(11)7(6)15(12,13)14;1-4-7-9(10)8-11(5-2)6-3/h6-7H,4-5H2,1-3H3,(H,12,13,14);4-8H2,1-3H3/q;+1/p-1. The van der Waals surface area contributed by atoms with E-state index in [0.29, 0.717) is 29.5 Å². The molecule has 7 heteroatoms. The summed E-state index contributed by atoms with van der Waals surface area (Å²) in [5, 5.41) is -1.30. The number of rotatable bonds is 7. The van der Waals surface area contributed by atoms with E-state index in [0.717, 1.165) is 18.6 Å². The van der Waals surface area contributed by atoms with Crippen LogP contribution in [0.4, 0.5) is 0 Å². The van der Waals surface area contributed by atoms with E-state index in [4.69, 9.17) is 0 Å². The number of hydrogen-bond donors (Lipinski definition) is 0. The summed E-state index contributed by atoms with van der Waals surface area (Å²) < 4.78 is 33.3. The van der Waals surface area contributed by atoms with Gasteiger partial charge in [-0.25, -0.2) is 8.42 Å². The van der Waals surface area contributed by atoms with Crippen LogP contribution in [-0.2, 0) is 30.6 Å². The summed E-state index contributed by atoms with van der Waals surface area (Å²) >= 11 is 0. The number of ketones is 2. The summed E-state index contributed by atoms with van der Waals surface area (Å²) in [7, 11) is -4.11. The van der Waals surface area contributed by atoms with E-state index in [1.54, 1.807) is 6.92 Å². The molecule has 0 aromatic carbocycles. The van der Waals surface area contributed by atoms with Crippen LogP contribution in [0.2, 0.25) is 0 Å². The Kier molecular flexibility index (Phi) is 7.94. The predicted molar refractivity (Wildman–Crippen MR) is 106 cm³/mol. The Labute approximate surface area is 161 Å². The van der Waals surface area contributed by atoms with Crippen LogP contribution >= 0.6 is 0 Å². The molecule has 0 amide bonds. The summed E-state index contributed by atoms with van der Waals surface area (Å²) in [6.07, 6.45) is 3.16. The van der Waals surface area contributed by atoms with Crippen LogP contribution in [-0.4, -0.2) is 47.0 Å². The molecule has 0 aromatic heterocycles. The summed E-state index contributed by atoms with van der Waals surface area (Å²) in [5.41, 5.74) is -0.994. The fraction of sp³-hybridized carbons (Fsp3) is 0.895. The minimum atomic E-state index is -4.49. The first-order valence-electron chi connectivity index (χ1n) is 9.51. The van der Waals surface area contributed by atoms with Crippen LogP contribution in [0, 0.1) is 16.7 Å². The molecular formula is C19H34O5S2. The van der Waals surface area contributed by atoms with E-state index in [2.05, 4.69) is 20.8 Å². The molecule has 2 saturated carbocycles. The number of fused-ring (bicyclic) bond motifs is 2. The van der Waals surface area contributed by atoms with Crippen LogP contribution in [0.5, 0.6) is 0 Å². The van der Waals surface area contributed by atoms with Crippen molar-refractivity contribution in [2.24, 2.45) is 16.7 Å². The van der Waals surface area contributed by atoms with Gasteiger partial charge < -0.3 is 4.55 Å². The zero-order chi connectivity index (χ0) is 20.3. The number of Topliss-reactive ketones (excluding diaryl/α,β-unsaturated/α-hetero) is 2.